The van der Waals surface area contributed by atoms with Crippen molar-refractivity contribution in [2.75, 3.05) is 6.61 Å². The molecule has 0 aromatic rings. The van der Waals surface area contributed by atoms with E-state index in [2.05, 4.69) is 0 Å². The van der Waals surface area contributed by atoms with Crippen LogP contribution in [-0.4, -0.2) is 12.5 Å². The van der Waals surface area contributed by atoms with Crippen molar-refractivity contribution in [3.63, 3.8) is 0 Å². The highest BCUT2D eigenvalue weighted by atomic mass is 16.5. The van der Waals surface area contributed by atoms with Crippen molar-refractivity contribution in [3.05, 3.63) is 11.5 Å². The molecule has 0 fully saturated rings. The van der Waals surface area contributed by atoms with Crippen LogP contribution in [0, 0.1) is 0 Å². The van der Waals surface area contributed by atoms with Crippen LogP contribution < -0.4 is 11.5 Å². The lowest BCUT2D eigenvalue weighted by Crippen LogP contribution is -2.18. The smallest absolute Gasteiger partial charge is 0.249 e. The van der Waals surface area contributed by atoms with E-state index in [0.717, 1.165) is 0 Å². The summed E-state index contributed by atoms with van der Waals surface area (Å²) >= 11 is 0. The molecule has 0 rings (SSSR count). The Balaban J connectivity index is 4.19. The molecular weight excluding hydrogens is 132 g/mol. The lowest BCUT2D eigenvalue weighted by atomic mass is 10.3. The Morgan fingerprint density at radius 1 is 1.50 bits per heavy atom. The molecule has 4 heteroatoms. The second-order valence-electron chi connectivity index (χ2n) is 1.79. The van der Waals surface area contributed by atoms with Crippen molar-refractivity contribution in [1.29, 1.82) is 0 Å². The maximum absolute atomic E-state index is 10.4. The fraction of sp³-hybridized carbons (Fsp3) is 0.500. The van der Waals surface area contributed by atoms with E-state index in [0.29, 0.717) is 6.61 Å². The van der Waals surface area contributed by atoms with Crippen molar-refractivity contribution in [1.82, 2.24) is 0 Å². The van der Waals surface area contributed by atoms with Crippen molar-refractivity contribution in [2.45, 2.75) is 13.8 Å². The number of rotatable bonds is 3. The third kappa shape index (κ3) is 2.39. The first-order chi connectivity index (χ1) is 4.59. The van der Waals surface area contributed by atoms with E-state index < -0.39 is 5.91 Å². The summed E-state index contributed by atoms with van der Waals surface area (Å²) in [5.41, 5.74) is 10.5. The summed E-state index contributed by atoms with van der Waals surface area (Å²) in [6.07, 6.45) is 0. The molecule has 0 aliphatic rings. The van der Waals surface area contributed by atoms with Gasteiger partial charge in [-0.2, -0.15) is 0 Å². The average molecular weight is 144 g/mol. The molecule has 0 aliphatic heterocycles. The number of ether oxygens (including phenoxy) is 1. The molecule has 0 radical (unpaired) electrons. The summed E-state index contributed by atoms with van der Waals surface area (Å²) in [6, 6.07) is 0. The van der Waals surface area contributed by atoms with Crippen molar-refractivity contribution >= 4 is 5.91 Å². The Kier molecular flexibility index (Phi) is 3.32. The monoisotopic (exact) mass is 144 g/mol. The van der Waals surface area contributed by atoms with Crippen molar-refractivity contribution in [2.24, 2.45) is 11.5 Å². The van der Waals surface area contributed by atoms with Gasteiger partial charge < -0.3 is 16.2 Å². The van der Waals surface area contributed by atoms with Gasteiger partial charge in [-0.1, -0.05) is 0 Å². The van der Waals surface area contributed by atoms with Crippen molar-refractivity contribution in [3.8, 4) is 0 Å². The average Bonchev–Trinajstić information content (AvgIpc) is 1.87. The second-order valence-corrected chi connectivity index (χ2v) is 1.79. The van der Waals surface area contributed by atoms with E-state index >= 15 is 0 Å². The molecule has 58 valence electrons. The van der Waals surface area contributed by atoms with Crippen LogP contribution in [0.5, 0.6) is 0 Å². The molecule has 4 N–H and O–H groups in total. The van der Waals surface area contributed by atoms with Gasteiger partial charge in [0, 0.05) is 0 Å². The number of carbonyl (C=O) groups is 1. The third-order valence-corrected chi connectivity index (χ3v) is 1.04. The number of nitrogens with two attached hydrogens (primary N) is 2. The van der Waals surface area contributed by atoms with Crippen LogP contribution in [0.15, 0.2) is 11.5 Å². The molecule has 1 amide bonds. The SMILES string of the molecule is CCOC(N)=C(C)C(N)=O. The molecule has 0 unspecified atom stereocenters. The van der Waals surface area contributed by atoms with E-state index in [4.69, 9.17) is 16.2 Å². The largest absolute Gasteiger partial charge is 0.479 e. The number of hydrogen-bond donors (Lipinski definition) is 2. The molecule has 0 atom stereocenters. The molecule has 0 heterocycles. The van der Waals surface area contributed by atoms with Crippen LogP contribution in [-0.2, 0) is 9.53 Å². The standard InChI is InChI=1S/C6H12N2O2/c1-3-10-6(8)4(2)5(7)9/h3,8H2,1-2H3,(H2,7,9). The third-order valence-electron chi connectivity index (χ3n) is 1.04. The summed E-state index contributed by atoms with van der Waals surface area (Å²) in [4.78, 5) is 10.4. The Labute approximate surface area is 59.8 Å². The van der Waals surface area contributed by atoms with Gasteiger partial charge in [0.15, 0.2) is 5.88 Å². The highest BCUT2D eigenvalue weighted by Crippen LogP contribution is 1.97. The molecule has 0 saturated carbocycles. The molecule has 0 bridgehead atoms. The van der Waals surface area contributed by atoms with Gasteiger partial charge >= 0.3 is 0 Å². The minimum atomic E-state index is -0.550. The molecular formula is C6H12N2O2. The highest BCUT2D eigenvalue weighted by molar-refractivity contribution is 5.91. The lowest BCUT2D eigenvalue weighted by molar-refractivity contribution is -0.114. The van der Waals surface area contributed by atoms with Crippen LogP contribution in [0.25, 0.3) is 0 Å². The Hall–Kier alpha value is -1.19. The van der Waals surface area contributed by atoms with E-state index in [1.807, 2.05) is 0 Å². The molecule has 10 heavy (non-hydrogen) atoms. The number of carbonyl (C=O) groups excluding carboxylic acids is 1. The summed E-state index contributed by atoms with van der Waals surface area (Å²) < 4.78 is 4.82. The zero-order chi connectivity index (χ0) is 8.15. The zero-order valence-corrected chi connectivity index (χ0v) is 6.18. The van der Waals surface area contributed by atoms with Gasteiger partial charge in [-0.05, 0) is 13.8 Å². The van der Waals surface area contributed by atoms with E-state index in [-0.39, 0.29) is 11.5 Å². The lowest BCUT2D eigenvalue weighted by Gasteiger charge is -2.03. The predicted molar refractivity (Wildman–Crippen MR) is 37.7 cm³/mol. The fourth-order valence-corrected chi connectivity index (χ4v) is 0.385. The minimum absolute atomic E-state index is 0.106. The van der Waals surface area contributed by atoms with Gasteiger partial charge in [-0.3, -0.25) is 4.79 Å². The molecule has 4 nitrogen and oxygen atoms in total. The van der Waals surface area contributed by atoms with E-state index in [1.165, 1.54) is 6.92 Å². The second kappa shape index (κ2) is 3.76. The predicted octanol–water partition coefficient (Wildman–Crippen LogP) is -0.302. The van der Waals surface area contributed by atoms with Gasteiger partial charge in [0.25, 0.3) is 0 Å². The first-order valence-corrected chi connectivity index (χ1v) is 2.98. The molecule has 0 saturated heterocycles. The normalized spacial score (nSPS) is 12.2. The first kappa shape index (κ1) is 8.81. The zero-order valence-electron chi connectivity index (χ0n) is 6.18. The van der Waals surface area contributed by atoms with E-state index in [1.54, 1.807) is 6.92 Å². The van der Waals surface area contributed by atoms with Crippen LogP contribution in [0.1, 0.15) is 13.8 Å². The van der Waals surface area contributed by atoms with Gasteiger partial charge in [0.2, 0.25) is 5.91 Å². The van der Waals surface area contributed by atoms with Gasteiger partial charge in [0.1, 0.15) is 0 Å². The Bertz CT molecular complexity index is 163. The Morgan fingerprint density at radius 2 is 2.00 bits per heavy atom. The number of hydrogen-bond acceptors (Lipinski definition) is 3. The maximum atomic E-state index is 10.4. The minimum Gasteiger partial charge on any atom is -0.479 e. The molecule has 0 aromatic heterocycles. The summed E-state index contributed by atoms with van der Waals surface area (Å²) in [6.45, 7) is 3.74. The highest BCUT2D eigenvalue weighted by Gasteiger charge is 2.03. The molecule has 0 aromatic carbocycles. The number of primary amides is 1. The summed E-state index contributed by atoms with van der Waals surface area (Å²) in [5, 5.41) is 0. The fourth-order valence-electron chi connectivity index (χ4n) is 0.385. The first-order valence-electron chi connectivity index (χ1n) is 2.98. The molecule has 0 spiro atoms. The van der Waals surface area contributed by atoms with Crippen LogP contribution in [0.2, 0.25) is 0 Å². The number of amides is 1. The van der Waals surface area contributed by atoms with Gasteiger partial charge in [-0.25, -0.2) is 0 Å². The van der Waals surface area contributed by atoms with Crippen LogP contribution in [0.3, 0.4) is 0 Å². The summed E-state index contributed by atoms with van der Waals surface area (Å²) in [5.74, 6) is -0.444. The summed E-state index contributed by atoms with van der Waals surface area (Å²) in [7, 11) is 0. The Morgan fingerprint density at radius 3 is 2.30 bits per heavy atom. The van der Waals surface area contributed by atoms with Gasteiger partial charge in [-0.15, -0.1) is 0 Å². The van der Waals surface area contributed by atoms with Gasteiger partial charge in [0.05, 0.1) is 12.2 Å². The molecule has 0 aliphatic carbocycles. The van der Waals surface area contributed by atoms with Crippen LogP contribution in [0.4, 0.5) is 0 Å². The van der Waals surface area contributed by atoms with Crippen molar-refractivity contribution < 1.29 is 9.53 Å². The van der Waals surface area contributed by atoms with Crippen LogP contribution >= 0.6 is 0 Å². The quantitative estimate of drug-likeness (QED) is 0.421. The topological polar surface area (TPSA) is 78.3 Å². The maximum Gasteiger partial charge on any atom is 0.249 e. The van der Waals surface area contributed by atoms with E-state index in [9.17, 15) is 4.79 Å².